The van der Waals surface area contributed by atoms with E-state index in [1.54, 1.807) is 0 Å². The highest BCUT2D eigenvalue weighted by Crippen LogP contribution is 2.03. The molecule has 0 bridgehead atoms. The molecule has 0 spiro atoms. The molecule has 0 radical (unpaired) electrons. The van der Waals surface area contributed by atoms with Crippen LogP contribution in [-0.2, 0) is 0 Å². The van der Waals surface area contributed by atoms with Crippen LogP contribution in [0.2, 0.25) is 0 Å². The van der Waals surface area contributed by atoms with E-state index < -0.39 is 0 Å². The maximum absolute atomic E-state index is 2.26. The molecule has 16 heavy (non-hydrogen) atoms. The van der Waals surface area contributed by atoms with E-state index >= 15 is 0 Å². The smallest absolute Gasteiger partial charge is 0.0533 e. The Balaban J connectivity index is -0.000000179. The van der Waals surface area contributed by atoms with Gasteiger partial charge in [-0.15, -0.1) is 0 Å². The molecule has 0 nitrogen and oxygen atoms in total. The molecule has 0 heteroatoms. The molecule has 0 aromatic carbocycles. The SMILES string of the molecule is CCCC.CCCC.CCCCCCCC. The Hall–Kier alpha value is 0. The van der Waals surface area contributed by atoms with Crippen LogP contribution in [0.3, 0.4) is 0 Å². The Morgan fingerprint density at radius 1 is 0.312 bits per heavy atom. The molecule has 0 aromatic rings. The van der Waals surface area contributed by atoms with Crippen LogP contribution < -0.4 is 0 Å². The fraction of sp³-hybridized carbons (Fsp3) is 1.00. The van der Waals surface area contributed by atoms with Crippen LogP contribution in [0.25, 0.3) is 0 Å². The fourth-order valence-electron chi connectivity index (χ4n) is 0.854. The molecule has 0 heterocycles. The van der Waals surface area contributed by atoms with Crippen LogP contribution in [0.15, 0.2) is 0 Å². The molecule has 102 valence electrons. The summed E-state index contributed by atoms with van der Waals surface area (Å²) in [7, 11) is 0. The highest BCUT2D eigenvalue weighted by atomic mass is 13.9. The molecule has 0 amide bonds. The Morgan fingerprint density at radius 2 is 0.562 bits per heavy atom. The number of unbranched alkanes of at least 4 members (excludes halogenated alkanes) is 7. The van der Waals surface area contributed by atoms with Crippen molar-refractivity contribution in [1.29, 1.82) is 0 Å². The minimum absolute atomic E-state index is 1.32. The average molecular weight is 230 g/mol. The van der Waals surface area contributed by atoms with Crippen molar-refractivity contribution < 1.29 is 0 Å². The lowest BCUT2D eigenvalue weighted by Gasteiger charge is -1.93. The van der Waals surface area contributed by atoms with Gasteiger partial charge in [-0.3, -0.25) is 0 Å². The molecular weight excluding hydrogens is 192 g/mol. The van der Waals surface area contributed by atoms with Crippen molar-refractivity contribution in [3.8, 4) is 0 Å². The third kappa shape index (κ3) is 48.3. The monoisotopic (exact) mass is 230 g/mol. The zero-order valence-corrected chi connectivity index (χ0v) is 13.1. The summed E-state index contributed by atoms with van der Waals surface area (Å²) in [6, 6.07) is 0. The standard InChI is InChI=1S/C8H18.2C4H10/c1-3-5-7-8-6-4-2;2*1-3-4-2/h3-8H2,1-2H3;2*3-4H2,1-2H3. The summed E-state index contributed by atoms with van der Waals surface area (Å²) in [5.41, 5.74) is 0. The van der Waals surface area contributed by atoms with Crippen molar-refractivity contribution in [2.45, 2.75) is 106 Å². The first kappa shape index (κ1) is 21.3. The molecule has 0 saturated carbocycles. The maximum atomic E-state index is 2.26. The molecule has 0 aromatic heterocycles. The average Bonchev–Trinajstić information content (AvgIpc) is 2.35. The number of rotatable bonds is 7. The van der Waals surface area contributed by atoms with Gasteiger partial charge in [0.05, 0.1) is 0 Å². The summed E-state index contributed by atoms with van der Waals surface area (Å²) < 4.78 is 0. The predicted octanol–water partition coefficient (Wildman–Crippen LogP) is 6.98. The zero-order valence-electron chi connectivity index (χ0n) is 13.1. The Kier molecular flexibility index (Phi) is 39.1. The van der Waals surface area contributed by atoms with Gasteiger partial charge in [0, 0.05) is 0 Å². The van der Waals surface area contributed by atoms with E-state index in [2.05, 4.69) is 41.5 Å². The predicted molar refractivity (Wildman–Crippen MR) is 80.2 cm³/mol. The summed E-state index contributed by atoms with van der Waals surface area (Å²) in [6.45, 7) is 13.2. The third-order valence-corrected chi connectivity index (χ3v) is 2.46. The van der Waals surface area contributed by atoms with Crippen molar-refractivity contribution in [2.75, 3.05) is 0 Å². The minimum atomic E-state index is 1.32. The van der Waals surface area contributed by atoms with E-state index in [-0.39, 0.29) is 0 Å². The maximum Gasteiger partial charge on any atom is -0.0533 e. The lowest BCUT2D eigenvalue weighted by Crippen LogP contribution is -1.73. The molecule has 0 aliphatic rings. The van der Waals surface area contributed by atoms with E-state index in [9.17, 15) is 0 Å². The third-order valence-electron chi connectivity index (χ3n) is 2.46. The van der Waals surface area contributed by atoms with Crippen molar-refractivity contribution in [3.05, 3.63) is 0 Å². The molecule has 0 unspecified atom stereocenters. The van der Waals surface area contributed by atoms with Crippen molar-refractivity contribution >= 4 is 0 Å². The summed E-state index contributed by atoms with van der Waals surface area (Å²) >= 11 is 0. The first-order chi connectivity index (χ1) is 7.74. The number of hydrogen-bond acceptors (Lipinski definition) is 0. The quantitative estimate of drug-likeness (QED) is 0.414. The lowest BCUT2D eigenvalue weighted by molar-refractivity contribution is 0.624. The zero-order chi connectivity index (χ0) is 13.1. The molecule has 0 N–H and O–H groups in total. The van der Waals surface area contributed by atoms with Crippen LogP contribution in [-0.4, -0.2) is 0 Å². The Bertz CT molecular complexity index is 52.4. The summed E-state index contributed by atoms with van der Waals surface area (Å²) in [6.07, 6.45) is 13.8. The van der Waals surface area contributed by atoms with Crippen molar-refractivity contribution in [1.82, 2.24) is 0 Å². The van der Waals surface area contributed by atoms with Crippen LogP contribution in [0.1, 0.15) is 106 Å². The van der Waals surface area contributed by atoms with Gasteiger partial charge in [-0.05, 0) is 0 Å². The molecule has 0 fully saturated rings. The first-order valence-corrected chi connectivity index (χ1v) is 7.74. The second kappa shape index (κ2) is 29.4. The summed E-state index contributed by atoms with van der Waals surface area (Å²) in [5, 5.41) is 0. The van der Waals surface area contributed by atoms with Crippen molar-refractivity contribution in [2.24, 2.45) is 0 Å². The molecule has 0 aliphatic carbocycles. The van der Waals surface area contributed by atoms with Crippen LogP contribution in [0.5, 0.6) is 0 Å². The molecular formula is C16H38. The second-order valence-electron chi connectivity index (χ2n) is 4.41. The van der Waals surface area contributed by atoms with Gasteiger partial charge >= 0.3 is 0 Å². The highest BCUT2D eigenvalue weighted by Gasteiger charge is 1.83. The highest BCUT2D eigenvalue weighted by molar-refractivity contribution is 4.39. The van der Waals surface area contributed by atoms with Crippen LogP contribution >= 0.6 is 0 Å². The Labute approximate surface area is 106 Å². The van der Waals surface area contributed by atoms with E-state index in [0.717, 1.165) is 0 Å². The first-order valence-electron chi connectivity index (χ1n) is 7.74. The number of hydrogen-bond donors (Lipinski definition) is 0. The van der Waals surface area contributed by atoms with E-state index in [1.165, 1.54) is 64.2 Å². The largest absolute Gasteiger partial charge is 0.0654 e. The Morgan fingerprint density at radius 3 is 0.688 bits per heavy atom. The van der Waals surface area contributed by atoms with Gasteiger partial charge in [0.15, 0.2) is 0 Å². The molecule has 0 atom stereocenters. The van der Waals surface area contributed by atoms with Crippen molar-refractivity contribution in [3.63, 3.8) is 0 Å². The van der Waals surface area contributed by atoms with E-state index in [1.807, 2.05) is 0 Å². The van der Waals surface area contributed by atoms with Gasteiger partial charge < -0.3 is 0 Å². The van der Waals surface area contributed by atoms with Gasteiger partial charge in [0.2, 0.25) is 0 Å². The molecule has 0 saturated heterocycles. The summed E-state index contributed by atoms with van der Waals surface area (Å²) in [5.74, 6) is 0. The van der Waals surface area contributed by atoms with Gasteiger partial charge in [0.25, 0.3) is 0 Å². The van der Waals surface area contributed by atoms with Gasteiger partial charge in [-0.25, -0.2) is 0 Å². The van der Waals surface area contributed by atoms with E-state index in [0.29, 0.717) is 0 Å². The lowest BCUT2D eigenvalue weighted by atomic mass is 10.1. The normalized spacial score (nSPS) is 8.62. The minimum Gasteiger partial charge on any atom is -0.0654 e. The summed E-state index contributed by atoms with van der Waals surface area (Å²) in [4.78, 5) is 0. The van der Waals surface area contributed by atoms with Gasteiger partial charge in [0.1, 0.15) is 0 Å². The molecule has 0 rings (SSSR count). The molecule has 0 aliphatic heterocycles. The topological polar surface area (TPSA) is 0 Å². The van der Waals surface area contributed by atoms with E-state index in [4.69, 9.17) is 0 Å². The van der Waals surface area contributed by atoms with Gasteiger partial charge in [-0.2, -0.15) is 0 Å². The fourth-order valence-corrected chi connectivity index (χ4v) is 0.854. The van der Waals surface area contributed by atoms with Gasteiger partial charge in [-0.1, -0.05) is 106 Å². The van der Waals surface area contributed by atoms with Crippen LogP contribution in [0, 0.1) is 0 Å². The second-order valence-corrected chi connectivity index (χ2v) is 4.41. The van der Waals surface area contributed by atoms with Crippen LogP contribution in [0.4, 0.5) is 0 Å².